The third-order valence-corrected chi connectivity index (χ3v) is 3.44. The van der Waals surface area contributed by atoms with Gasteiger partial charge in [0.1, 0.15) is 5.75 Å². The van der Waals surface area contributed by atoms with Crippen molar-refractivity contribution < 1.29 is 5.11 Å². The number of hydrogen-bond donors (Lipinski definition) is 3. The summed E-state index contributed by atoms with van der Waals surface area (Å²) in [6.07, 6.45) is 1.19. The Hall–Kier alpha value is -1.22. The molecule has 0 radical (unpaired) electrons. The number of phenols is 1. The molecule has 3 rings (SSSR count). The summed E-state index contributed by atoms with van der Waals surface area (Å²) in [6, 6.07) is 5.66. The Labute approximate surface area is 83.1 Å². The van der Waals surface area contributed by atoms with Crippen molar-refractivity contribution in [3.63, 3.8) is 0 Å². The van der Waals surface area contributed by atoms with E-state index in [2.05, 4.69) is 16.7 Å². The standard InChI is InChI=1S/C11H14N2O/c14-8-1-2-9-10(5-8)13-7-11(9)3-4-12-6-11/h1-2,5,12-14H,3-4,6-7H2. The van der Waals surface area contributed by atoms with Crippen molar-refractivity contribution in [2.24, 2.45) is 0 Å². The molecular weight excluding hydrogens is 176 g/mol. The monoisotopic (exact) mass is 190 g/mol. The van der Waals surface area contributed by atoms with E-state index in [9.17, 15) is 5.11 Å². The van der Waals surface area contributed by atoms with Crippen LogP contribution in [0.2, 0.25) is 0 Å². The maximum Gasteiger partial charge on any atom is 0.117 e. The van der Waals surface area contributed by atoms with Gasteiger partial charge < -0.3 is 15.7 Å². The minimum Gasteiger partial charge on any atom is -0.508 e. The van der Waals surface area contributed by atoms with Crippen LogP contribution in [0.25, 0.3) is 0 Å². The van der Waals surface area contributed by atoms with Crippen LogP contribution in [-0.4, -0.2) is 24.7 Å². The first-order valence-electron chi connectivity index (χ1n) is 5.08. The summed E-state index contributed by atoms with van der Waals surface area (Å²) in [5, 5.41) is 16.2. The van der Waals surface area contributed by atoms with Crippen LogP contribution in [0, 0.1) is 0 Å². The smallest absolute Gasteiger partial charge is 0.117 e. The largest absolute Gasteiger partial charge is 0.508 e. The first-order valence-corrected chi connectivity index (χ1v) is 5.08. The summed E-state index contributed by atoms with van der Waals surface area (Å²) in [4.78, 5) is 0. The highest BCUT2D eigenvalue weighted by Gasteiger charge is 2.41. The number of aromatic hydroxyl groups is 1. The molecule has 1 aromatic rings. The van der Waals surface area contributed by atoms with Gasteiger partial charge in [-0.25, -0.2) is 0 Å². The molecule has 3 heteroatoms. The van der Waals surface area contributed by atoms with Crippen LogP contribution in [0.5, 0.6) is 5.75 Å². The van der Waals surface area contributed by atoms with Crippen molar-refractivity contribution in [1.29, 1.82) is 0 Å². The van der Waals surface area contributed by atoms with Gasteiger partial charge in [-0.3, -0.25) is 0 Å². The maximum absolute atomic E-state index is 9.37. The minimum absolute atomic E-state index is 0.281. The number of anilines is 1. The Morgan fingerprint density at radius 1 is 1.29 bits per heavy atom. The van der Waals surface area contributed by atoms with Crippen LogP contribution >= 0.6 is 0 Å². The zero-order chi connectivity index (χ0) is 9.60. The second-order valence-corrected chi connectivity index (χ2v) is 4.29. The molecule has 0 aromatic heterocycles. The van der Waals surface area contributed by atoms with Gasteiger partial charge in [0.05, 0.1) is 0 Å². The van der Waals surface area contributed by atoms with Crippen molar-refractivity contribution in [3.8, 4) is 5.75 Å². The molecular formula is C11H14N2O. The van der Waals surface area contributed by atoms with Crippen molar-refractivity contribution in [3.05, 3.63) is 23.8 Å². The first-order chi connectivity index (χ1) is 6.80. The van der Waals surface area contributed by atoms with E-state index in [0.29, 0.717) is 5.75 Å². The van der Waals surface area contributed by atoms with E-state index in [1.807, 2.05) is 6.07 Å². The lowest BCUT2D eigenvalue weighted by atomic mass is 9.82. The van der Waals surface area contributed by atoms with Crippen molar-refractivity contribution in [2.75, 3.05) is 25.0 Å². The molecule has 74 valence electrons. The fourth-order valence-corrected chi connectivity index (χ4v) is 2.63. The highest BCUT2D eigenvalue weighted by molar-refractivity contribution is 5.63. The molecule has 3 N–H and O–H groups in total. The summed E-state index contributed by atoms with van der Waals surface area (Å²) in [5.74, 6) is 0.347. The van der Waals surface area contributed by atoms with Crippen LogP contribution in [-0.2, 0) is 5.41 Å². The molecule has 1 fully saturated rings. The number of rotatable bonds is 0. The molecule has 0 aliphatic carbocycles. The fourth-order valence-electron chi connectivity index (χ4n) is 2.63. The van der Waals surface area contributed by atoms with Gasteiger partial charge in [-0.2, -0.15) is 0 Å². The second kappa shape index (κ2) is 2.64. The molecule has 14 heavy (non-hydrogen) atoms. The average Bonchev–Trinajstić information content (AvgIpc) is 2.77. The topological polar surface area (TPSA) is 44.3 Å². The molecule has 2 aliphatic heterocycles. The molecule has 1 aromatic carbocycles. The Bertz CT molecular complexity index is 370. The molecule has 2 heterocycles. The lowest BCUT2D eigenvalue weighted by Crippen LogP contribution is -2.30. The summed E-state index contributed by atoms with van der Waals surface area (Å²) >= 11 is 0. The number of phenolic OH excluding ortho intramolecular Hbond substituents is 1. The number of nitrogens with one attached hydrogen (secondary N) is 2. The third kappa shape index (κ3) is 0.960. The minimum atomic E-state index is 0.281. The van der Waals surface area contributed by atoms with Gasteiger partial charge >= 0.3 is 0 Å². The Morgan fingerprint density at radius 3 is 3.00 bits per heavy atom. The van der Waals surface area contributed by atoms with Gasteiger partial charge in [0, 0.05) is 30.3 Å². The average molecular weight is 190 g/mol. The third-order valence-electron chi connectivity index (χ3n) is 3.44. The molecule has 1 atom stereocenters. The number of hydrogen-bond acceptors (Lipinski definition) is 3. The second-order valence-electron chi connectivity index (χ2n) is 4.29. The molecule has 0 bridgehead atoms. The fraction of sp³-hybridized carbons (Fsp3) is 0.455. The van der Waals surface area contributed by atoms with E-state index >= 15 is 0 Å². The van der Waals surface area contributed by atoms with E-state index in [4.69, 9.17) is 0 Å². The Kier molecular flexibility index (Phi) is 1.53. The lowest BCUT2D eigenvalue weighted by Gasteiger charge is -2.21. The van der Waals surface area contributed by atoms with Crippen molar-refractivity contribution in [2.45, 2.75) is 11.8 Å². The maximum atomic E-state index is 9.37. The zero-order valence-corrected chi connectivity index (χ0v) is 8.01. The van der Waals surface area contributed by atoms with Gasteiger partial charge in [0.2, 0.25) is 0 Å². The predicted octanol–water partition coefficient (Wildman–Crippen LogP) is 1.05. The molecule has 1 unspecified atom stereocenters. The highest BCUT2D eigenvalue weighted by Crippen LogP contribution is 2.41. The van der Waals surface area contributed by atoms with Crippen LogP contribution < -0.4 is 10.6 Å². The summed E-state index contributed by atoms with van der Waals surface area (Å²) in [6.45, 7) is 3.15. The quantitative estimate of drug-likeness (QED) is 0.573. The molecule has 1 spiro atoms. The van der Waals surface area contributed by atoms with Crippen molar-refractivity contribution >= 4 is 5.69 Å². The van der Waals surface area contributed by atoms with Crippen LogP contribution in [0.3, 0.4) is 0 Å². The van der Waals surface area contributed by atoms with Gasteiger partial charge in [-0.1, -0.05) is 6.07 Å². The summed E-state index contributed by atoms with van der Waals surface area (Å²) < 4.78 is 0. The van der Waals surface area contributed by atoms with Gasteiger partial charge in [-0.05, 0) is 24.6 Å². The molecule has 1 saturated heterocycles. The first kappa shape index (κ1) is 8.12. The molecule has 2 aliphatic rings. The van der Waals surface area contributed by atoms with E-state index in [-0.39, 0.29) is 5.41 Å². The van der Waals surface area contributed by atoms with Crippen LogP contribution in [0.4, 0.5) is 5.69 Å². The zero-order valence-electron chi connectivity index (χ0n) is 8.01. The lowest BCUT2D eigenvalue weighted by molar-refractivity contribution is 0.474. The van der Waals surface area contributed by atoms with Gasteiger partial charge in [-0.15, -0.1) is 0 Å². The SMILES string of the molecule is Oc1ccc2c(c1)NCC21CCNC1. The molecule has 0 saturated carbocycles. The highest BCUT2D eigenvalue weighted by atomic mass is 16.3. The Balaban J connectivity index is 2.09. The van der Waals surface area contributed by atoms with Crippen LogP contribution in [0.15, 0.2) is 18.2 Å². The number of fused-ring (bicyclic) bond motifs is 2. The van der Waals surface area contributed by atoms with E-state index in [1.165, 1.54) is 12.0 Å². The summed E-state index contributed by atoms with van der Waals surface area (Å²) in [5.41, 5.74) is 2.75. The van der Waals surface area contributed by atoms with Crippen LogP contribution in [0.1, 0.15) is 12.0 Å². The summed E-state index contributed by atoms with van der Waals surface area (Å²) in [7, 11) is 0. The van der Waals surface area contributed by atoms with E-state index in [0.717, 1.165) is 25.3 Å². The van der Waals surface area contributed by atoms with Gasteiger partial charge in [0.25, 0.3) is 0 Å². The van der Waals surface area contributed by atoms with E-state index < -0.39 is 0 Å². The number of benzene rings is 1. The molecule has 3 nitrogen and oxygen atoms in total. The Morgan fingerprint density at radius 2 is 2.21 bits per heavy atom. The normalized spacial score (nSPS) is 29.1. The molecule has 0 amide bonds. The van der Waals surface area contributed by atoms with Crippen molar-refractivity contribution in [1.82, 2.24) is 5.32 Å². The van der Waals surface area contributed by atoms with E-state index in [1.54, 1.807) is 6.07 Å². The van der Waals surface area contributed by atoms with Gasteiger partial charge in [0.15, 0.2) is 0 Å². The predicted molar refractivity (Wildman–Crippen MR) is 55.8 cm³/mol.